The molecule has 2 rings (SSSR count). The van der Waals surface area contributed by atoms with Gasteiger partial charge >= 0.3 is 5.97 Å². The highest BCUT2D eigenvalue weighted by Gasteiger charge is 2.07. The number of benzene rings is 1. The first-order valence-corrected chi connectivity index (χ1v) is 5.51. The molecular formula is C14H13NO3. The van der Waals surface area contributed by atoms with E-state index in [9.17, 15) is 4.79 Å². The Hall–Kier alpha value is -2.36. The summed E-state index contributed by atoms with van der Waals surface area (Å²) in [6.45, 7) is 0.415. The summed E-state index contributed by atoms with van der Waals surface area (Å²) in [5.41, 5.74) is 1.28. The molecule has 0 N–H and O–H groups in total. The third-order valence-corrected chi connectivity index (χ3v) is 2.35. The van der Waals surface area contributed by atoms with Crippen LogP contribution in [0.4, 0.5) is 0 Å². The Morgan fingerprint density at radius 2 is 1.89 bits per heavy atom. The number of carbonyl (C=O) groups is 1. The van der Waals surface area contributed by atoms with Crippen LogP contribution in [0.15, 0.2) is 48.5 Å². The van der Waals surface area contributed by atoms with Gasteiger partial charge in [-0.05, 0) is 11.6 Å². The molecule has 92 valence electrons. The molecule has 1 heterocycles. The molecule has 0 bridgehead atoms. The molecule has 0 atom stereocenters. The molecule has 18 heavy (non-hydrogen) atoms. The number of pyridine rings is 1. The monoisotopic (exact) mass is 243 g/mol. The lowest BCUT2D eigenvalue weighted by atomic mass is 10.2. The van der Waals surface area contributed by atoms with E-state index >= 15 is 0 Å². The number of esters is 1. The van der Waals surface area contributed by atoms with Gasteiger partial charge in [-0.3, -0.25) is 0 Å². The Bertz CT molecular complexity index is 526. The fourth-order valence-electron chi connectivity index (χ4n) is 1.44. The molecule has 0 aliphatic rings. The van der Waals surface area contributed by atoms with Crippen molar-refractivity contribution in [1.82, 2.24) is 4.98 Å². The molecule has 1 aromatic carbocycles. The number of hydrogen-bond acceptors (Lipinski definition) is 4. The maximum absolute atomic E-state index is 11.3. The highest BCUT2D eigenvalue weighted by Crippen LogP contribution is 2.11. The Labute approximate surface area is 105 Å². The summed E-state index contributed by atoms with van der Waals surface area (Å²) in [7, 11) is 1.32. The number of methoxy groups -OCH3 is 1. The molecule has 4 nitrogen and oxygen atoms in total. The van der Waals surface area contributed by atoms with Crippen molar-refractivity contribution in [2.24, 2.45) is 0 Å². The van der Waals surface area contributed by atoms with E-state index in [-0.39, 0.29) is 5.69 Å². The standard InChI is InChI=1S/C14H13NO3/c1-17-14(16)12-8-5-9-13(15-12)18-10-11-6-3-2-4-7-11/h2-9H,10H2,1H3. The number of aromatic nitrogens is 1. The first-order valence-electron chi connectivity index (χ1n) is 5.51. The molecule has 2 aromatic rings. The molecular weight excluding hydrogens is 230 g/mol. The average Bonchev–Trinajstić information content (AvgIpc) is 2.45. The predicted octanol–water partition coefficient (Wildman–Crippen LogP) is 2.45. The fraction of sp³-hybridized carbons (Fsp3) is 0.143. The Morgan fingerprint density at radius 3 is 2.61 bits per heavy atom. The molecule has 4 heteroatoms. The van der Waals surface area contributed by atoms with Crippen LogP contribution < -0.4 is 4.74 Å². The van der Waals surface area contributed by atoms with Crippen LogP contribution in [0.3, 0.4) is 0 Å². The molecule has 0 saturated heterocycles. The van der Waals surface area contributed by atoms with Gasteiger partial charge in [0.2, 0.25) is 5.88 Å². The average molecular weight is 243 g/mol. The summed E-state index contributed by atoms with van der Waals surface area (Å²) in [6.07, 6.45) is 0. The summed E-state index contributed by atoms with van der Waals surface area (Å²) in [6, 6.07) is 14.7. The lowest BCUT2D eigenvalue weighted by Gasteiger charge is -2.06. The molecule has 0 aliphatic carbocycles. The SMILES string of the molecule is COC(=O)c1cccc(OCc2ccccc2)n1. The summed E-state index contributed by atoms with van der Waals surface area (Å²) < 4.78 is 10.1. The van der Waals surface area contributed by atoms with Crippen LogP contribution in [0.2, 0.25) is 0 Å². The predicted molar refractivity (Wildman–Crippen MR) is 66.4 cm³/mol. The van der Waals surface area contributed by atoms with Crippen molar-refractivity contribution < 1.29 is 14.3 Å². The van der Waals surface area contributed by atoms with E-state index in [0.29, 0.717) is 12.5 Å². The summed E-state index contributed by atoms with van der Waals surface area (Å²) in [4.78, 5) is 15.4. The van der Waals surface area contributed by atoms with E-state index in [1.165, 1.54) is 7.11 Å². The van der Waals surface area contributed by atoms with Gasteiger partial charge in [-0.25, -0.2) is 9.78 Å². The Kier molecular flexibility index (Phi) is 3.91. The summed E-state index contributed by atoms with van der Waals surface area (Å²) in [5, 5.41) is 0. The zero-order valence-corrected chi connectivity index (χ0v) is 10.00. The number of ether oxygens (including phenoxy) is 2. The van der Waals surface area contributed by atoms with Crippen LogP contribution in [-0.4, -0.2) is 18.1 Å². The van der Waals surface area contributed by atoms with E-state index in [4.69, 9.17) is 4.74 Å². The third-order valence-electron chi connectivity index (χ3n) is 2.35. The van der Waals surface area contributed by atoms with Crippen LogP contribution in [0.25, 0.3) is 0 Å². The molecule has 0 spiro atoms. The fourth-order valence-corrected chi connectivity index (χ4v) is 1.44. The molecule has 1 aromatic heterocycles. The normalized spacial score (nSPS) is 9.83. The van der Waals surface area contributed by atoms with Crippen LogP contribution in [0, 0.1) is 0 Å². The highest BCUT2D eigenvalue weighted by atomic mass is 16.5. The van der Waals surface area contributed by atoms with Gasteiger partial charge in [0.05, 0.1) is 7.11 Å². The Balaban J connectivity index is 2.04. The third kappa shape index (κ3) is 3.07. The second-order valence-corrected chi connectivity index (χ2v) is 3.63. The number of carbonyl (C=O) groups excluding carboxylic acids is 1. The molecule has 0 unspecified atom stereocenters. The van der Waals surface area contributed by atoms with Crippen LogP contribution in [0.1, 0.15) is 16.1 Å². The van der Waals surface area contributed by atoms with Crippen LogP contribution in [0.5, 0.6) is 5.88 Å². The van der Waals surface area contributed by atoms with Crippen molar-refractivity contribution in [2.45, 2.75) is 6.61 Å². The minimum Gasteiger partial charge on any atom is -0.473 e. The lowest BCUT2D eigenvalue weighted by Crippen LogP contribution is -2.05. The molecule has 0 radical (unpaired) electrons. The summed E-state index contributed by atoms with van der Waals surface area (Å²) in [5.74, 6) is -0.0677. The van der Waals surface area contributed by atoms with E-state index < -0.39 is 5.97 Å². The van der Waals surface area contributed by atoms with E-state index in [0.717, 1.165) is 5.56 Å². The Morgan fingerprint density at radius 1 is 1.11 bits per heavy atom. The first kappa shape index (κ1) is 12.1. The second kappa shape index (κ2) is 5.82. The number of hydrogen-bond donors (Lipinski definition) is 0. The zero-order valence-electron chi connectivity index (χ0n) is 10.00. The van der Waals surface area contributed by atoms with E-state index in [2.05, 4.69) is 9.72 Å². The highest BCUT2D eigenvalue weighted by molar-refractivity contribution is 5.87. The minimum atomic E-state index is -0.472. The van der Waals surface area contributed by atoms with E-state index in [1.807, 2.05) is 30.3 Å². The van der Waals surface area contributed by atoms with Gasteiger partial charge < -0.3 is 9.47 Å². The van der Waals surface area contributed by atoms with Gasteiger partial charge in [0, 0.05) is 6.07 Å². The number of nitrogens with zero attached hydrogens (tertiary/aromatic N) is 1. The van der Waals surface area contributed by atoms with Gasteiger partial charge in [0.15, 0.2) is 5.69 Å². The molecule has 0 saturated carbocycles. The quantitative estimate of drug-likeness (QED) is 0.774. The molecule has 0 fully saturated rings. The summed E-state index contributed by atoms with van der Waals surface area (Å²) >= 11 is 0. The van der Waals surface area contributed by atoms with Crippen molar-refractivity contribution in [3.05, 3.63) is 59.8 Å². The van der Waals surface area contributed by atoms with Gasteiger partial charge in [0.25, 0.3) is 0 Å². The number of rotatable bonds is 4. The maximum Gasteiger partial charge on any atom is 0.356 e. The van der Waals surface area contributed by atoms with Gasteiger partial charge in [-0.2, -0.15) is 0 Å². The smallest absolute Gasteiger partial charge is 0.356 e. The minimum absolute atomic E-state index is 0.239. The molecule has 0 aliphatic heterocycles. The van der Waals surface area contributed by atoms with Crippen molar-refractivity contribution >= 4 is 5.97 Å². The van der Waals surface area contributed by atoms with Crippen LogP contribution >= 0.6 is 0 Å². The van der Waals surface area contributed by atoms with Gasteiger partial charge in [0.1, 0.15) is 6.61 Å². The lowest BCUT2D eigenvalue weighted by molar-refractivity contribution is 0.0592. The van der Waals surface area contributed by atoms with Crippen molar-refractivity contribution in [1.29, 1.82) is 0 Å². The second-order valence-electron chi connectivity index (χ2n) is 3.63. The zero-order chi connectivity index (χ0) is 12.8. The van der Waals surface area contributed by atoms with Crippen molar-refractivity contribution in [3.63, 3.8) is 0 Å². The van der Waals surface area contributed by atoms with Crippen LogP contribution in [-0.2, 0) is 11.3 Å². The largest absolute Gasteiger partial charge is 0.473 e. The topological polar surface area (TPSA) is 48.4 Å². The maximum atomic E-state index is 11.3. The van der Waals surface area contributed by atoms with E-state index in [1.54, 1.807) is 18.2 Å². The van der Waals surface area contributed by atoms with Crippen molar-refractivity contribution in [3.8, 4) is 5.88 Å². The molecule has 0 amide bonds. The van der Waals surface area contributed by atoms with Gasteiger partial charge in [-0.1, -0.05) is 36.4 Å². The van der Waals surface area contributed by atoms with Crippen molar-refractivity contribution in [2.75, 3.05) is 7.11 Å². The first-order chi connectivity index (χ1) is 8.79. The van der Waals surface area contributed by atoms with Gasteiger partial charge in [-0.15, -0.1) is 0 Å².